The molecule has 0 unspecified atom stereocenters. The summed E-state index contributed by atoms with van der Waals surface area (Å²) in [6.07, 6.45) is 1.49. The van der Waals surface area contributed by atoms with E-state index in [1.165, 1.54) is 12.3 Å². The topological polar surface area (TPSA) is 72.8 Å². The molecule has 0 saturated carbocycles. The van der Waals surface area contributed by atoms with Gasteiger partial charge in [0, 0.05) is 5.39 Å². The summed E-state index contributed by atoms with van der Waals surface area (Å²) < 4.78 is 28.2. The van der Waals surface area contributed by atoms with Crippen LogP contribution < -0.4 is 0 Å². The van der Waals surface area contributed by atoms with Gasteiger partial charge in [-0.3, -0.25) is 0 Å². The van der Waals surface area contributed by atoms with Crippen LogP contribution in [-0.2, 0) is 9.84 Å². The van der Waals surface area contributed by atoms with E-state index in [2.05, 4.69) is 28.8 Å². The summed E-state index contributed by atoms with van der Waals surface area (Å²) in [5.41, 5.74) is 3.22. The molecule has 7 heteroatoms. The number of halogens is 1. The first-order valence-electron chi connectivity index (χ1n) is 10.2. The molecule has 0 amide bonds. The number of rotatable bonds is 5. The molecule has 1 aromatic carbocycles. The molecule has 5 nitrogen and oxygen atoms in total. The Hall–Kier alpha value is -2.05. The Labute approximate surface area is 183 Å². The van der Waals surface area contributed by atoms with Gasteiger partial charge in [0.25, 0.3) is 0 Å². The highest BCUT2D eigenvalue weighted by atomic mass is 35.5. The first kappa shape index (κ1) is 22.6. The van der Waals surface area contributed by atoms with Crippen LogP contribution in [0.5, 0.6) is 0 Å². The molecule has 0 bridgehead atoms. The van der Waals surface area contributed by atoms with Crippen LogP contribution in [0.25, 0.3) is 10.9 Å². The van der Waals surface area contributed by atoms with Crippen LogP contribution in [0.1, 0.15) is 81.8 Å². The fourth-order valence-electron chi connectivity index (χ4n) is 3.59. The molecular weight excluding hydrogens is 418 g/mol. The normalized spacial score (nSPS) is 12.5. The minimum Gasteiger partial charge on any atom is -0.242 e. The van der Waals surface area contributed by atoms with Gasteiger partial charge in [0.05, 0.1) is 16.6 Å². The molecule has 30 heavy (non-hydrogen) atoms. The second-order valence-electron chi connectivity index (χ2n) is 8.60. The lowest BCUT2D eigenvalue weighted by molar-refractivity contribution is 0.587. The molecule has 0 fully saturated rings. The predicted molar refractivity (Wildman–Crippen MR) is 121 cm³/mol. The van der Waals surface area contributed by atoms with Crippen molar-refractivity contribution in [2.24, 2.45) is 0 Å². The van der Waals surface area contributed by atoms with Gasteiger partial charge in [-0.05, 0) is 47.4 Å². The van der Waals surface area contributed by atoms with Gasteiger partial charge in [0.2, 0.25) is 9.84 Å². The molecule has 0 N–H and O–H groups in total. The van der Waals surface area contributed by atoms with Crippen LogP contribution in [0.4, 0.5) is 0 Å². The highest BCUT2D eigenvalue weighted by Crippen LogP contribution is 2.39. The third-order valence-electron chi connectivity index (χ3n) is 5.23. The number of fused-ring (bicyclic) bond motifs is 1. The van der Waals surface area contributed by atoms with E-state index in [0.717, 1.165) is 16.7 Å². The number of aryl methyl sites for hydroxylation is 1. The summed E-state index contributed by atoms with van der Waals surface area (Å²) in [4.78, 5) is 13.1. The van der Waals surface area contributed by atoms with E-state index in [1.54, 1.807) is 6.92 Å². The Morgan fingerprint density at radius 3 is 1.93 bits per heavy atom. The molecule has 2 heterocycles. The zero-order chi connectivity index (χ0) is 22.4. The van der Waals surface area contributed by atoms with E-state index in [9.17, 15) is 8.42 Å². The zero-order valence-corrected chi connectivity index (χ0v) is 20.1. The van der Waals surface area contributed by atoms with Crippen molar-refractivity contribution in [1.82, 2.24) is 15.0 Å². The summed E-state index contributed by atoms with van der Waals surface area (Å²) in [6.45, 7) is 14.0. The van der Waals surface area contributed by atoms with Gasteiger partial charge in [0.1, 0.15) is 11.0 Å². The smallest absolute Gasteiger partial charge is 0.225 e. The molecule has 0 aliphatic carbocycles. The summed E-state index contributed by atoms with van der Waals surface area (Å²) in [7, 11) is -3.94. The van der Waals surface area contributed by atoms with Crippen molar-refractivity contribution >= 4 is 32.3 Å². The van der Waals surface area contributed by atoms with Gasteiger partial charge in [-0.15, -0.1) is 0 Å². The molecule has 0 aliphatic rings. The first-order chi connectivity index (χ1) is 13.9. The minimum atomic E-state index is -3.94. The highest BCUT2D eigenvalue weighted by molar-refractivity contribution is 7.91. The highest BCUT2D eigenvalue weighted by Gasteiger charge is 2.31. The lowest BCUT2D eigenvalue weighted by Crippen LogP contribution is -2.15. The maximum absolute atomic E-state index is 14.1. The van der Waals surface area contributed by atoms with Gasteiger partial charge >= 0.3 is 0 Å². The number of aromatic nitrogens is 3. The average molecular weight is 446 g/mol. The van der Waals surface area contributed by atoms with Crippen LogP contribution in [0.2, 0.25) is 5.15 Å². The Kier molecular flexibility index (Phi) is 6.21. The van der Waals surface area contributed by atoms with E-state index < -0.39 is 9.84 Å². The largest absolute Gasteiger partial charge is 0.242 e. The van der Waals surface area contributed by atoms with Gasteiger partial charge in [-0.2, -0.15) is 0 Å². The average Bonchev–Trinajstić information content (AvgIpc) is 2.66. The Morgan fingerprint density at radius 1 is 0.867 bits per heavy atom. The fraction of sp³-hybridized carbons (Fsp3) is 0.435. The van der Waals surface area contributed by atoms with Crippen LogP contribution in [0, 0.1) is 6.92 Å². The van der Waals surface area contributed by atoms with Crippen molar-refractivity contribution in [3.8, 4) is 0 Å². The van der Waals surface area contributed by atoms with Gasteiger partial charge in [0.15, 0.2) is 5.03 Å². The minimum absolute atomic E-state index is 0.0182. The molecule has 3 rings (SSSR count). The van der Waals surface area contributed by atoms with Gasteiger partial charge in [-0.25, -0.2) is 23.4 Å². The molecule has 3 aromatic rings. The monoisotopic (exact) mass is 445 g/mol. The van der Waals surface area contributed by atoms with E-state index >= 15 is 0 Å². The number of nitrogens with zero attached hydrogens (tertiary/aromatic N) is 3. The molecule has 0 atom stereocenters. The number of hydrogen-bond donors (Lipinski definition) is 0. The van der Waals surface area contributed by atoms with Crippen molar-refractivity contribution in [2.45, 2.75) is 76.1 Å². The van der Waals surface area contributed by atoms with Crippen molar-refractivity contribution in [3.05, 3.63) is 52.1 Å². The van der Waals surface area contributed by atoms with E-state index in [-0.39, 0.29) is 22.0 Å². The summed E-state index contributed by atoms with van der Waals surface area (Å²) in [6, 6.07) is 5.58. The number of pyridine rings is 1. The Bertz CT molecular complexity index is 1190. The number of sulfone groups is 1. The number of benzene rings is 1. The molecule has 2 aromatic heterocycles. The molecular formula is C23H28ClN3O2S. The molecule has 0 saturated heterocycles. The molecule has 0 aliphatic heterocycles. The SMILES string of the molecule is Cc1nc(S(=O)(=O)c2c(C(C)C)cc(C(C)C)cc2C(C)C)c2cc(Cl)ncc2n1. The van der Waals surface area contributed by atoms with Crippen molar-refractivity contribution < 1.29 is 8.42 Å². The van der Waals surface area contributed by atoms with Crippen molar-refractivity contribution in [2.75, 3.05) is 0 Å². The zero-order valence-electron chi connectivity index (χ0n) is 18.5. The van der Waals surface area contributed by atoms with Crippen molar-refractivity contribution in [3.63, 3.8) is 0 Å². The van der Waals surface area contributed by atoms with Crippen LogP contribution in [0.3, 0.4) is 0 Å². The van der Waals surface area contributed by atoms with Crippen molar-refractivity contribution in [1.29, 1.82) is 0 Å². The second-order valence-corrected chi connectivity index (χ2v) is 10.8. The third kappa shape index (κ3) is 4.08. The van der Waals surface area contributed by atoms with Crippen LogP contribution in [0.15, 0.2) is 34.3 Å². The van der Waals surface area contributed by atoms with Crippen LogP contribution >= 0.6 is 11.6 Å². The lowest BCUT2D eigenvalue weighted by Gasteiger charge is -2.23. The Balaban J connectivity index is 2.46. The number of hydrogen-bond acceptors (Lipinski definition) is 5. The first-order valence-corrected chi connectivity index (χ1v) is 12.0. The van der Waals surface area contributed by atoms with E-state index in [0.29, 0.717) is 27.5 Å². The standard InChI is InChI=1S/C23H28ClN3O2S/c1-12(2)16-8-17(13(3)4)22(18(9-16)14(5)6)30(28,29)23-19-10-21(24)25-11-20(19)26-15(7)27-23/h8-14H,1-7H3. The maximum atomic E-state index is 14.1. The molecule has 160 valence electrons. The van der Waals surface area contributed by atoms with E-state index in [4.69, 9.17) is 11.6 Å². The molecule has 0 radical (unpaired) electrons. The van der Waals surface area contributed by atoms with Gasteiger partial charge < -0.3 is 0 Å². The predicted octanol–water partition coefficient (Wildman–Crippen LogP) is 6.19. The van der Waals surface area contributed by atoms with Crippen LogP contribution in [-0.4, -0.2) is 23.4 Å². The summed E-state index contributed by atoms with van der Waals surface area (Å²) in [5.74, 6) is 0.737. The summed E-state index contributed by atoms with van der Waals surface area (Å²) in [5, 5.41) is 0.572. The summed E-state index contributed by atoms with van der Waals surface area (Å²) >= 11 is 6.08. The third-order valence-corrected chi connectivity index (χ3v) is 7.26. The maximum Gasteiger partial charge on any atom is 0.225 e. The molecule has 0 spiro atoms. The fourth-order valence-corrected chi connectivity index (χ4v) is 5.86. The van der Waals surface area contributed by atoms with Gasteiger partial charge in [-0.1, -0.05) is 65.3 Å². The second kappa shape index (κ2) is 8.23. The lowest BCUT2D eigenvalue weighted by atomic mass is 9.89. The quantitative estimate of drug-likeness (QED) is 0.345. The Morgan fingerprint density at radius 2 is 1.43 bits per heavy atom. The van der Waals surface area contributed by atoms with E-state index in [1.807, 2.05) is 39.8 Å².